The molecule has 2 N–H and O–H groups in total. The Kier molecular flexibility index (Phi) is 3.55. The SMILES string of the molecule is Cc1cc(F)cc(NCc2cc(C(=O)O)c(C)o2)c1. The van der Waals surface area contributed by atoms with Crippen molar-refractivity contribution >= 4 is 11.7 Å². The number of rotatable bonds is 4. The minimum absolute atomic E-state index is 0.146. The molecule has 1 aromatic carbocycles. The quantitative estimate of drug-likeness (QED) is 0.888. The van der Waals surface area contributed by atoms with Gasteiger partial charge in [0.1, 0.15) is 22.9 Å². The molecule has 0 aliphatic rings. The molecule has 0 fully saturated rings. The molecular formula is C14H14FNO3. The number of carboxylic acid groups (broad SMARTS) is 1. The fourth-order valence-corrected chi connectivity index (χ4v) is 1.87. The lowest BCUT2D eigenvalue weighted by atomic mass is 10.2. The predicted molar refractivity (Wildman–Crippen MR) is 68.9 cm³/mol. The van der Waals surface area contributed by atoms with Crippen molar-refractivity contribution in [2.75, 3.05) is 5.32 Å². The summed E-state index contributed by atoms with van der Waals surface area (Å²) in [6, 6.07) is 6.08. The fourth-order valence-electron chi connectivity index (χ4n) is 1.87. The van der Waals surface area contributed by atoms with Crippen molar-refractivity contribution < 1.29 is 18.7 Å². The van der Waals surface area contributed by atoms with E-state index in [1.165, 1.54) is 18.2 Å². The second-order valence-corrected chi connectivity index (χ2v) is 4.36. The molecule has 0 radical (unpaired) electrons. The minimum Gasteiger partial charge on any atom is -0.478 e. The van der Waals surface area contributed by atoms with Crippen LogP contribution < -0.4 is 5.32 Å². The summed E-state index contributed by atoms with van der Waals surface area (Å²) in [7, 11) is 0. The van der Waals surface area contributed by atoms with Crippen LogP contribution in [0.1, 0.15) is 27.4 Å². The van der Waals surface area contributed by atoms with Gasteiger partial charge in [-0.15, -0.1) is 0 Å². The lowest BCUT2D eigenvalue weighted by Crippen LogP contribution is -1.99. The van der Waals surface area contributed by atoms with Crippen LogP contribution in [0.3, 0.4) is 0 Å². The van der Waals surface area contributed by atoms with E-state index in [9.17, 15) is 9.18 Å². The average molecular weight is 263 g/mol. The van der Waals surface area contributed by atoms with E-state index in [-0.39, 0.29) is 11.4 Å². The molecule has 0 bridgehead atoms. The van der Waals surface area contributed by atoms with Gasteiger partial charge in [-0.05, 0) is 43.7 Å². The van der Waals surface area contributed by atoms with Crippen molar-refractivity contribution in [1.82, 2.24) is 0 Å². The molecule has 1 aromatic heterocycles. The highest BCUT2D eigenvalue weighted by molar-refractivity contribution is 5.88. The fraction of sp³-hybridized carbons (Fsp3) is 0.214. The molecule has 0 unspecified atom stereocenters. The second-order valence-electron chi connectivity index (χ2n) is 4.36. The molecule has 19 heavy (non-hydrogen) atoms. The molecule has 0 aliphatic heterocycles. The summed E-state index contributed by atoms with van der Waals surface area (Å²) in [6.07, 6.45) is 0. The van der Waals surface area contributed by atoms with Crippen LogP contribution in [-0.2, 0) is 6.54 Å². The van der Waals surface area contributed by atoms with Gasteiger partial charge < -0.3 is 14.8 Å². The van der Waals surface area contributed by atoms with Gasteiger partial charge in [0.25, 0.3) is 0 Å². The molecule has 4 nitrogen and oxygen atoms in total. The maximum Gasteiger partial charge on any atom is 0.339 e. The molecule has 0 aliphatic carbocycles. The first-order valence-corrected chi connectivity index (χ1v) is 5.79. The van der Waals surface area contributed by atoms with E-state index in [1.807, 2.05) is 0 Å². The third-order valence-corrected chi connectivity index (χ3v) is 2.71. The Labute approximate surface area is 109 Å². The van der Waals surface area contributed by atoms with Crippen molar-refractivity contribution in [2.24, 2.45) is 0 Å². The van der Waals surface area contributed by atoms with Crippen molar-refractivity contribution in [2.45, 2.75) is 20.4 Å². The first-order valence-electron chi connectivity index (χ1n) is 5.79. The van der Waals surface area contributed by atoms with Gasteiger partial charge in [0.05, 0.1) is 6.54 Å². The van der Waals surface area contributed by atoms with Crippen molar-refractivity contribution in [3.05, 3.63) is 52.7 Å². The molecule has 0 saturated heterocycles. The standard InChI is InChI=1S/C14H14FNO3/c1-8-3-10(15)5-11(4-8)16-7-12-6-13(14(17)18)9(2)19-12/h3-6,16H,7H2,1-2H3,(H,17,18). The topological polar surface area (TPSA) is 62.5 Å². The molecule has 0 atom stereocenters. The summed E-state index contributed by atoms with van der Waals surface area (Å²) in [5, 5.41) is 11.9. The van der Waals surface area contributed by atoms with Crippen LogP contribution in [0.25, 0.3) is 0 Å². The number of anilines is 1. The Morgan fingerprint density at radius 2 is 2.05 bits per heavy atom. The van der Waals surface area contributed by atoms with Crippen molar-refractivity contribution in [1.29, 1.82) is 0 Å². The van der Waals surface area contributed by atoms with Crippen LogP contribution in [0, 0.1) is 19.7 Å². The largest absolute Gasteiger partial charge is 0.478 e. The maximum atomic E-state index is 13.2. The van der Waals surface area contributed by atoms with E-state index < -0.39 is 5.97 Å². The zero-order chi connectivity index (χ0) is 14.0. The smallest absolute Gasteiger partial charge is 0.339 e. The summed E-state index contributed by atoms with van der Waals surface area (Å²) >= 11 is 0. The molecule has 5 heteroatoms. The average Bonchev–Trinajstić information content (AvgIpc) is 2.67. The van der Waals surface area contributed by atoms with Gasteiger partial charge in [-0.25, -0.2) is 9.18 Å². The van der Waals surface area contributed by atoms with E-state index >= 15 is 0 Å². The first-order chi connectivity index (χ1) is 8.95. The second kappa shape index (κ2) is 5.14. The van der Waals surface area contributed by atoms with E-state index in [2.05, 4.69) is 5.32 Å². The Bertz CT molecular complexity index is 599. The number of aryl methyl sites for hydroxylation is 2. The van der Waals surface area contributed by atoms with Crippen molar-refractivity contribution in [3.8, 4) is 0 Å². The zero-order valence-corrected chi connectivity index (χ0v) is 10.7. The molecule has 0 amide bonds. The van der Waals surface area contributed by atoms with Crippen LogP contribution in [0.2, 0.25) is 0 Å². The monoisotopic (exact) mass is 263 g/mol. The van der Waals surface area contributed by atoms with Crippen LogP contribution in [0.5, 0.6) is 0 Å². The molecule has 100 valence electrons. The van der Waals surface area contributed by atoms with E-state index in [1.54, 1.807) is 19.9 Å². The van der Waals surface area contributed by atoms with E-state index in [4.69, 9.17) is 9.52 Å². The highest BCUT2D eigenvalue weighted by atomic mass is 19.1. The summed E-state index contributed by atoms with van der Waals surface area (Å²) < 4.78 is 18.5. The number of hydrogen-bond acceptors (Lipinski definition) is 3. The van der Waals surface area contributed by atoms with Gasteiger partial charge in [0.2, 0.25) is 0 Å². The number of nitrogens with one attached hydrogen (secondary N) is 1. The number of carboxylic acids is 1. The third kappa shape index (κ3) is 3.13. The van der Waals surface area contributed by atoms with Gasteiger partial charge in [0.15, 0.2) is 0 Å². The van der Waals surface area contributed by atoms with Crippen LogP contribution in [-0.4, -0.2) is 11.1 Å². The zero-order valence-electron chi connectivity index (χ0n) is 10.7. The molecule has 2 aromatic rings. The first kappa shape index (κ1) is 13.1. The van der Waals surface area contributed by atoms with Gasteiger partial charge >= 0.3 is 5.97 Å². The normalized spacial score (nSPS) is 10.5. The number of hydrogen-bond donors (Lipinski definition) is 2. The lowest BCUT2D eigenvalue weighted by Gasteiger charge is -2.05. The summed E-state index contributed by atoms with van der Waals surface area (Å²) in [5.74, 6) is -0.477. The Balaban J connectivity index is 2.10. The number of carbonyl (C=O) groups is 1. The molecule has 2 rings (SSSR count). The van der Waals surface area contributed by atoms with Gasteiger partial charge in [-0.2, -0.15) is 0 Å². The van der Waals surface area contributed by atoms with Crippen molar-refractivity contribution in [3.63, 3.8) is 0 Å². The molecular weight excluding hydrogens is 249 g/mol. The maximum absolute atomic E-state index is 13.2. The van der Waals surface area contributed by atoms with Gasteiger partial charge in [-0.1, -0.05) is 0 Å². The van der Waals surface area contributed by atoms with Crippen LogP contribution >= 0.6 is 0 Å². The Morgan fingerprint density at radius 1 is 1.32 bits per heavy atom. The van der Waals surface area contributed by atoms with Crippen LogP contribution in [0.15, 0.2) is 28.7 Å². The van der Waals surface area contributed by atoms with Gasteiger partial charge in [0, 0.05) is 5.69 Å². The Morgan fingerprint density at radius 3 is 2.63 bits per heavy atom. The third-order valence-electron chi connectivity index (χ3n) is 2.71. The number of furan rings is 1. The predicted octanol–water partition coefficient (Wildman–Crippen LogP) is 3.35. The molecule has 0 spiro atoms. The number of aromatic carboxylic acids is 1. The van der Waals surface area contributed by atoms with Crippen LogP contribution in [0.4, 0.5) is 10.1 Å². The summed E-state index contributed by atoms with van der Waals surface area (Å²) in [5.41, 5.74) is 1.58. The van der Waals surface area contributed by atoms with E-state index in [0.717, 1.165) is 5.56 Å². The highest BCUT2D eigenvalue weighted by Crippen LogP contribution is 2.18. The summed E-state index contributed by atoms with van der Waals surface area (Å²) in [6.45, 7) is 3.70. The van der Waals surface area contributed by atoms with E-state index in [0.29, 0.717) is 23.8 Å². The molecule has 0 saturated carbocycles. The molecule has 1 heterocycles. The van der Waals surface area contributed by atoms with Gasteiger partial charge in [-0.3, -0.25) is 0 Å². The minimum atomic E-state index is -1.02. The highest BCUT2D eigenvalue weighted by Gasteiger charge is 2.13. The Hall–Kier alpha value is -2.30. The summed E-state index contributed by atoms with van der Waals surface area (Å²) in [4.78, 5) is 10.9. The number of benzene rings is 1. The lowest BCUT2D eigenvalue weighted by molar-refractivity contribution is 0.0695. The number of halogens is 1.